The number of anilines is 1. The van der Waals surface area contributed by atoms with Crippen molar-refractivity contribution in [1.82, 2.24) is 14.9 Å². The summed E-state index contributed by atoms with van der Waals surface area (Å²) in [5, 5.41) is 25.1. The van der Waals surface area contributed by atoms with Crippen LogP contribution in [0.4, 0.5) is 29.3 Å². The summed E-state index contributed by atoms with van der Waals surface area (Å²) < 4.78 is 45.3. The molecule has 218 valence electrons. The van der Waals surface area contributed by atoms with Crippen molar-refractivity contribution in [1.29, 1.82) is 0 Å². The summed E-state index contributed by atoms with van der Waals surface area (Å²) in [6.45, 7) is 1.75. The highest BCUT2D eigenvalue weighted by atomic mass is 19.4. The number of amides is 2. The average molecular weight is 578 g/mol. The summed E-state index contributed by atoms with van der Waals surface area (Å²) in [5.41, 5.74) is -0.797. The first kappa shape index (κ1) is 30.7. The van der Waals surface area contributed by atoms with Gasteiger partial charge in [-0.2, -0.15) is 13.2 Å². The van der Waals surface area contributed by atoms with E-state index in [1.807, 2.05) is 0 Å². The molecule has 3 aromatic rings. The molecule has 0 saturated heterocycles. The number of hydrogen-bond acceptors (Lipinski definition) is 8. The number of aliphatic hydroxyl groups excluding tert-OH is 1. The molecule has 2 unspecified atom stereocenters. The normalized spacial score (nSPS) is 12.9. The number of nitrogens with zero attached hydrogens (tertiary/aromatic N) is 3. The first-order valence-corrected chi connectivity index (χ1v) is 12.1. The molecule has 0 saturated carbocycles. The molecule has 3 rings (SSSR count). The smallest absolute Gasteiger partial charge is 0.416 e. The van der Waals surface area contributed by atoms with Gasteiger partial charge in [0.25, 0.3) is 11.2 Å². The van der Waals surface area contributed by atoms with E-state index >= 15 is 0 Å². The molecule has 1 heterocycles. The lowest BCUT2D eigenvalue weighted by Gasteiger charge is -2.29. The van der Waals surface area contributed by atoms with Crippen molar-refractivity contribution >= 4 is 23.4 Å². The third-order valence-electron chi connectivity index (χ3n) is 5.86. The molecule has 0 aliphatic rings. The Morgan fingerprint density at radius 2 is 1.76 bits per heavy atom. The van der Waals surface area contributed by atoms with Crippen molar-refractivity contribution in [3.63, 3.8) is 0 Å². The lowest BCUT2D eigenvalue weighted by Crippen LogP contribution is -2.53. The van der Waals surface area contributed by atoms with E-state index in [9.17, 15) is 42.8 Å². The number of rotatable bonds is 10. The maximum atomic E-state index is 13.3. The molecule has 0 aliphatic heterocycles. The van der Waals surface area contributed by atoms with Crippen LogP contribution in [0.25, 0.3) is 11.4 Å². The molecule has 12 nitrogen and oxygen atoms in total. The quantitative estimate of drug-likeness (QED) is 0.243. The second-order valence-corrected chi connectivity index (χ2v) is 9.20. The predicted octanol–water partition coefficient (Wildman–Crippen LogP) is 3.63. The second kappa shape index (κ2) is 13.0. The Morgan fingerprint density at radius 3 is 2.32 bits per heavy atom. The van der Waals surface area contributed by atoms with Crippen molar-refractivity contribution in [2.24, 2.45) is 5.92 Å². The van der Waals surface area contributed by atoms with E-state index < -0.39 is 59.0 Å². The van der Waals surface area contributed by atoms with Gasteiger partial charge < -0.3 is 15.2 Å². The third-order valence-corrected chi connectivity index (χ3v) is 5.86. The number of aromatic nitrogens is 2. The SMILES string of the molecule is CC(C)C(NC(=O)Cn1c(-c2ccc([N+](=O)[O-])cc2)ncc(NC(=O)OCc2ccccc2)c1=O)C(O)C(F)(F)F. The number of nitro groups is 1. The number of carbonyl (C=O) groups excluding carboxylic acids is 2. The number of aliphatic hydroxyl groups is 1. The van der Waals surface area contributed by atoms with Crippen molar-refractivity contribution in [2.75, 3.05) is 5.32 Å². The Labute approximate surface area is 230 Å². The number of nitro benzene ring substituents is 1. The molecule has 2 atom stereocenters. The maximum Gasteiger partial charge on any atom is 0.416 e. The summed E-state index contributed by atoms with van der Waals surface area (Å²) in [7, 11) is 0. The van der Waals surface area contributed by atoms with Crippen LogP contribution in [0.1, 0.15) is 19.4 Å². The lowest BCUT2D eigenvalue weighted by molar-refractivity contribution is -0.384. The van der Waals surface area contributed by atoms with Gasteiger partial charge in [0, 0.05) is 17.7 Å². The van der Waals surface area contributed by atoms with E-state index in [2.05, 4.69) is 15.6 Å². The van der Waals surface area contributed by atoms with Crippen LogP contribution in [0.5, 0.6) is 0 Å². The minimum Gasteiger partial charge on any atom is -0.444 e. The van der Waals surface area contributed by atoms with Crippen molar-refractivity contribution in [3.8, 4) is 11.4 Å². The van der Waals surface area contributed by atoms with Gasteiger partial charge in [-0.15, -0.1) is 0 Å². The van der Waals surface area contributed by atoms with Crippen LogP contribution < -0.4 is 16.2 Å². The number of nitrogens with one attached hydrogen (secondary N) is 2. The van der Waals surface area contributed by atoms with Gasteiger partial charge in [-0.1, -0.05) is 44.2 Å². The van der Waals surface area contributed by atoms with Crippen molar-refractivity contribution < 1.29 is 37.5 Å². The third kappa shape index (κ3) is 8.11. The molecule has 1 aromatic heterocycles. The van der Waals surface area contributed by atoms with Crippen LogP contribution in [0.3, 0.4) is 0 Å². The lowest BCUT2D eigenvalue weighted by atomic mass is 9.98. The summed E-state index contributed by atoms with van der Waals surface area (Å²) in [6.07, 6.45) is -7.92. The number of non-ortho nitro benzene ring substituents is 1. The number of benzene rings is 2. The minimum atomic E-state index is -5.02. The largest absolute Gasteiger partial charge is 0.444 e. The highest BCUT2D eigenvalue weighted by molar-refractivity contribution is 5.84. The topological polar surface area (TPSA) is 166 Å². The molecular formula is C26H26F3N5O7. The zero-order chi connectivity index (χ0) is 30.3. The van der Waals surface area contributed by atoms with E-state index in [1.54, 1.807) is 30.3 Å². The fraction of sp³-hybridized carbons (Fsp3) is 0.308. The van der Waals surface area contributed by atoms with Crippen molar-refractivity contribution in [3.05, 3.63) is 86.8 Å². The van der Waals surface area contributed by atoms with E-state index in [0.717, 1.165) is 22.9 Å². The second-order valence-electron chi connectivity index (χ2n) is 9.20. The number of alkyl halides is 3. The summed E-state index contributed by atoms with van der Waals surface area (Å²) in [6, 6.07) is 11.7. The molecular weight excluding hydrogens is 551 g/mol. The van der Waals surface area contributed by atoms with Gasteiger partial charge in [0.2, 0.25) is 5.91 Å². The van der Waals surface area contributed by atoms with Gasteiger partial charge in [-0.05, 0) is 23.6 Å². The summed E-state index contributed by atoms with van der Waals surface area (Å²) >= 11 is 0. The van der Waals surface area contributed by atoms with E-state index in [1.165, 1.54) is 26.0 Å². The first-order valence-electron chi connectivity index (χ1n) is 12.1. The number of carbonyl (C=O) groups is 2. The van der Waals surface area contributed by atoms with Gasteiger partial charge in [-0.25, -0.2) is 9.78 Å². The molecule has 0 aliphatic carbocycles. The van der Waals surface area contributed by atoms with Gasteiger partial charge >= 0.3 is 12.3 Å². The standard InChI is InChI=1S/C26H26F3N5O7/c1-15(2)21(22(36)26(27,28)29)32-20(35)13-33-23(17-8-10-18(11-9-17)34(39)40)30-12-19(24(33)37)31-25(38)41-14-16-6-4-3-5-7-16/h3-12,15,21-22,36H,13-14H2,1-2H3,(H,31,38)(H,32,35). The number of halogens is 3. The fourth-order valence-corrected chi connectivity index (χ4v) is 3.75. The van der Waals surface area contributed by atoms with Crippen molar-refractivity contribution in [2.45, 2.75) is 45.3 Å². The van der Waals surface area contributed by atoms with Crippen LogP contribution in [0.2, 0.25) is 0 Å². The molecule has 0 bridgehead atoms. The Bertz CT molecular complexity index is 1440. The molecule has 3 N–H and O–H groups in total. The van der Waals surface area contributed by atoms with Gasteiger partial charge in [0.1, 0.15) is 24.7 Å². The Balaban J connectivity index is 1.92. The molecule has 0 radical (unpaired) electrons. The molecule has 2 amide bonds. The minimum absolute atomic E-state index is 0.115. The van der Waals surface area contributed by atoms with E-state index in [-0.39, 0.29) is 23.7 Å². The van der Waals surface area contributed by atoms with E-state index in [0.29, 0.717) is 5.56 Å². The Kier molecular flexibility index (Phi) is 9.78. The monoisotopic (exact) mass is 577 g/mol. The summed E-state index contributed by atoms with van der Waals surface area (Å²) in [4.78, 5) is 53.0. The van der Waals surface area contributed by atoms with Crippen LogP contribution in [0, 0.1) is 16.0 Å². The summed E-state index contributed by atoms with van der Waals surface area (Å²) in [5.74, 6) is -2.07. The van der Waals surface area contributed by atoms with Gasteiger partial charge in [-0.3, -0.25) is 29.6 Å². The Hall–Kier alpha value is -4.79. The maximum absolute atomic E-state index is 13.3. The Morgan fingerprint density at radius 1 is 1.12 bits per heavy atom. The molecule has 41 heavy (non-hydrogen) atoms. The fourth-order valence-electron chi connectivity index (χ4n) is 3.75. The van der Waals surface area contributed by atoms with Crippen LogP contribution in [-0.4, -0.2) is 49.9 Å². The van der Waals surface area contributed by atoms with Crippen LogP contribution >= 0.6 is 0 Å². The molecule has 0 spiro atoms. The van der Waals surface area contributed by atoms with Crippen LogP contribution in [0.15, 0.2) is 65.6 Å². The zero-order valence-corrected chi connectivity index (χ0v) is 21.8. The number of hydrogen-bond donors (Lipinski definition) is 3. The highest BCUT2D eigenvalue weighted by Gasteiger charge is 2.45. The highest BCUT2D eigenvalue weighted by Crippen LogP contribution is 2.26. The number of ether oxygens (including phenoxy) is 1. The van der Waals surface area contributed by atoms with E-state index in [4.69, 9.17) is 4.74 Å². The van der Waals surface area contributed by atoms with Crippen LogP contribution in [-0.2, 0) is 22.7 Å². The molecule has 0 fully saturated rings. The predicted molar refractivity (Wildman–Crippen MR) is 140 cm³/mol. The van der Waals surface area contributed by atoms with Gasteiger partial charge in [0.05, 0.1) is 17.2 Å². The average Bonchev–Trinajstić information content (AvgIpc) is 2.92. The first-order chi connectivity index (χ1) is 19.3. The molecule has 15 heteroatoms. The zero-order valence-electron chi connectivity index (χ0n) is 21.8. The van der Waals surface area contributed by atoms with Gasteiger partial charge in [0.15, 0.2) is 6.10 Å². The molecule has 2 aromatic carbocycles.